The first-order valence-electron chi connectivity index (χ1n) is 6.67. The molecule has 5 nitrogen and oxygen atoms in total. The highest BCUT2D eigenvalue weighted by atomic mass is 19.1. The smallest absolute Gasteiger partial charge is 0.273 e. The first-order valence-corrected chi connectivity index (χ1v) is 6.67. The Labute approximate surface area is 131 Å². The maximum Gasteiger partial charge on any atom is 0.273 e. The Hall–Kier alpha value is -2.96. The average Bonchev–Trinajstić information content (AvgIpc) is 2.54. The molecule has 0 saturated heterocycles. The molecule has 0 aromatic heterocycles. The molecule has 0 aliphatic carbocycles. The van der Waals surface area contributed by atoms with Gasteiger partial charge >= 0.3 is 0 Å². The molecule has 0 heterocycles. The molecule has 7 heteroatoms. The number of amides is 2. The molecular formula is C16H14F2N2O3. The zero-order valence-electron chi connectivity index (χ0n) is 12.2. The van der Waals surface area contributed by atoms with Crippen LogP contribution in [-0.4, -0.2) is 18.9 Å². The van der Waals surface area contributed by atoms with Crippen LogP contribution in [0, 0.1) is 11.6 Å². The molecule has 2 N–H and O–H groups in total. The van der Waals surface area contributed by atoms with Gasteiger partial charge in [0.2, 0.25) is 5.91 Å². The van der Waals surface area contributed by atoms with Crippen molar-refractivity contribution in [3.05, 3.63) is 65.2 Å². The molecule has 0 radical (unpaired) electrons. The van der Waals surface area contributed by atoms with Crippen LogP contribution in [0.15, 0.2) is 42.5 Å². The molecule has 0 atom stereocenters. The molecule has 0 aliphatic rings. The van der Waals surface area contributed by atoms with Gasteiger partial charge in [-0.05, 0) is 35.9 Å². The highest BCUT2D eigenvalue weighted by Gasteiger charge is 2.14. The highest BCUT2D eigenvalue weighted by Crippen LogP contribution is 2.18. The lowest BCUT2D eigenvalue weighted by molar-refractivity contribution is -0.121. The molecule has 120 valence electrons. The highest BCUT2D eigenvalue weighted by molar-refractivity contribution is 5.98. The van der Waals surface area contributed by atoms with Crippen molar-refractivity contribution >= 4 is 11.8 Å². The summed E-state index contributed by atoms with van der Waals surface area (Å²) in [7, 11) is 1.34. The molecule has 2 amide bonds. The zero-order chi connectivity index (χ0) is 16.8. The lowest BCUT2D eigenvalue weighted by atomic mass is 10.1. The van der Waals surface area contributed by atoms with Crippen molar-refractivity contribution in [1.82, 2.24) is 10.9 Å². The summed E-state index contributed by atoms with van der Waals surface area (Å²) in [5.74, 6) is -2.04. The van der Waals surface area contributed by atoms with Gasteiger partial charge in [0.25, 0.3) is 5.91 Å². The SMILES string of the molecule is COc1ccc(F)cc1C(=O)NNC(=O)Cc1ccc(F)cc1. The molecule has 0 spiro atoms. The summed E-state index contributed by atoms with van der Waals surface area (Å²) in [6.45, 7) is 0. The van der Waals surface area contributed by atoms with E-state index >= 15 is 0 Å². The van der Waals surface area contributed by atoms with Crippen LogP contribution in [-0.2, 0) is 11.2 Å². The molecular weight excluding hydrogens is 306 g/mol. The zero-order valence-corrected chi connectivity index (χ0v) is 12.2. The van der Waals surface area contributed by atoms with Crippen LogP contribution in [0.1, 0.15) is 15.9 Å². The summed E-state index contributed by atoms with van der Waals surface area (Å²) in [6.07, 6.45) is -0.0408. The second kappa shape index (κ2) is 7.35. The van der Waals surface area contributed by atoms with Gasteiger partial charge in [-0.2, -0.15) is 0 Å². The van der Waals surface area contributed by atoms with Crippen LogP contribution >= 0.6 is 0 Å². The van der Waals surface area contributed by atoms with Crippen LogP contribution in [0.2, 0.25) is 0 Å². The van der Waals surface area contributed by atoms with Crippen molar-refractivity contribution in [1.29, 1.82) is 0 Å². The number of benzene rings is 2. The maximum absolute atomic E-state index is 13.2. The summed E-state index contributed by atoms with van der Waals surface area (Å²) in [4.78, 5) is 23.7. The van der Waals surface area contributed by atoms with E-state index in [1.54, 1.807) is 0 Å². The Balaban J connectivity index is 1.95. The number of rotatable bonds is 4. The van der Waals surface area contributed by atoms with Crippen molar-refractivity contribution in [3.8, 4) is 5.75 Å². The van der Waals surface area contributed by atoms with Gasteiger partial charge in [-0.25, -0.2) is 8.78 Å². The Kier molecular flexibility index (Phi) is 5.24. The number of hydrazine groups is 1. The third-order valence-electron chi connectivity index (χ3n) is 3.00. The monoisotopic (exact) mass is 320 g/mol. The molecule has 0 fully saturated rings. The van der Waals surface area contributed by atoms with Gasteiger partial charge < -0.3 is 4.74 Å². The second-order valence-electron chi connectivity index (χ2n) is 4.65. The van der Waals surface area contributed by atoms with E-state index in [4.69, 9.17) is 4.74 Å². The quantitative estimate of drug-likeness (QED) is 0.847. The molecule has 2 rings (SSSR count). The molecule has 0 aliphatic heterocycles. The minimum atomic E-state index is -0.714. The van der Waals surface area contributed by atoms with Crippen LogP contribution in [0.25, 0.3) is 0 Å². The summed E-state index contributed by atoms with van der Waals surface area (Å²) in [6, 6.07) is 8.86. The number of hydrogen-bond acceptors (Lipinski definition) is 3. The van der Waals surface area contributed by atoms with Crippen LogP contribution in [0.5, 0.6) is 5.75 Å². The van der Waals surface area contributed by atoms with E-state index in [0.29, 0.717) is 5.56 Å². The Bertz CT molecular complexity index is 718. The average molecular weight is 320 g/mol. The largest absolute Gasteiger partial charge is 0.496 e. The number of hydrogen-bond donors (Lipinski definition) is 2. The predicted molar refractivity (Wildman–Crippen MR) is 78.7 cm³/mol. The second-order valence-corrected chi connectivity index (χ2v) is 4.65. The first kappa shape index (κ1) is 16.4. The fourth-order valence-corrected chi connectivity index (χ4v) is 1.88. The van der Waals surface area contributed by atoms with E-state index in [-0.39, 0.29) is 17.7 Å². The van der Waals surface area contributed by atoms with Crippen molar-refractivity contribution in [2.75, 3.05) is 7.11 Å². The van der Waals surface area contributed by atoms with E-state index in [2.05, 4.69) is 10.9 Å². The molecule has 23 heavy (non-hydrogen) atoms. The summed E-state index contributed by atoms with van der Waals surface area (Å²) >= 11 is 0. The first-order chi connectivity index (χ1) is 11.0. The minimum absolute atomic E-state index is 0.0408. The Morgan fingerprint density at radius 3 is 2.30 bits per heavy atom. The summed E-state index contributed by atoms with van der Waals surface area (Å²) in [5, 5.41) is 0. The van der Waals surface area contributed by atoms with Gasteiger partial charge in [0, 0.05) is 0 Å². The molecule has 2 aromatic carbocycles. The van der Waals surface area contributed by atoms with Gasteiger partial charge in [-0.3, -0.25) is 20.4 Å². The van der Waals surface area contributed by atoms with E-state index in [1.807, 2.05) is 0 Å². The van der Waals surface area contributed by atoms with E-state index < -0.39 is 23.4 Å². The maximum atomic E-state index is 13.2. The van der Waals surface area contributed by atoms with E-state index in [0.717, 1.165) is 12.1 Å². The van der Waals surface area contributed by atoms with E-state index in [9.17, 15) is 18.4 Å². The molecule has 0 unspecified atom stereocenters. The molecule has 0 saturated carbocycles. The van der Waals surface area contributed by atoms with Crippen LogP contribution in [0.4, 0.5) is 8.78 Å². The van der Waals surface area contributed by atoms with Gasteiger partial charge in [0.05, 0.1) is 19.1 Å². The van der Waals surface area contributed by atoms with Gasteiger partial charge in [-0.15, -0.1) is 0 Å². The standard InChI is InChI=1S/C16H14F2N2O3/c1-23-14-7-6-12(18)9-13(14)16(22)20-19-15(21)8-10-2-4-11(17)5-3-10/h2-7,9H,8H2,1H3,(H,19,21)(H,20,22). The fraction of sp³-hybridized carbons (Fsp3) is 0.125. The normalized spacial score (nSPS) is 10.0. The van der Waals surface area contributed by atoms with Crippen molar-refractivity contribution in [2.24, 2.45) is 0 Å². The van der Waals surface area contributed by atoms with Gasteiger partial charge in [0.1, 0.15) is 17.4 Å². The number of carbonyl (C=O) groups is 2. The number of ether oxygens (including phenoxy) is 1. The summed E-state index contributed by atoms with van der Waals surface area (Å²) < 4.78 is 30.9. The van der Waals surface area contributed by atoms with Gasteiger partial charge in [0.15, 0.2) is 0 Å². The fourth-order valence-electron chi connectivity index (χ4n) is 1.88. The topological polar surface area (TPSA) is 67.4 Å². The third-order valence-corrected chi connectivity index (χ3v) is 3.00. The Morgan fingerprint density at radius 2 is 1.65 bits per heavy atom. The molecule has 2 aromatic rings. The van der Waals surface area contributed by atoms with Gasteiger partial charge in [-0.1, -0.05) is 12.1 Å². The third kappa shape index (κ3) is 4.50. The van der Waals surface area contributed by atoms with Crippen LogP contribution in [0.3, 0.4) is 0 Å². The van der Waals surface area contributed by atoms with E-state index in [1.165, 1.54) is 37.4 Å². The Morgan fingerprint density at radius 1 is 1.00 bits per heavy atom. The van der Waals surface area contributed by atoms with Crippen molar-refractivity contribution in [2.45, 2.75) is 6.42 Å². The number of methoxy groups -OCH3 is 1. The summed E-state index contributed by atoms with van der Waals surface area (Å²) in [5.41, 5.74) is 4.92. The number of carbonyl (C=O) groups excluding carboxylic acids is 2. The predicted octanol–water partition coefficient (Wildman–Crippen LogP) is 1.98. The number of nitrogens with one attached hydrogen (secondary N) is 2. The number of halogens is 2. The van der Waals surface area contributed by atoms with Crippen molar-refractivity contribution in [3.63, 3.8) is 0 Å². The minimum Gasteiger partial charge on any atom is -0.496 e. The lowest BCUT2D eigenvalue weighted by Crippen LogP contribution is -2.42. The molecule has 0 bridgehead atoms. The van der Waals surface area contributed by atoms with Crippen molar-refractivity contribution < 1.29 is 23.1 Å². The lowest BCUT2D eigenvalue weighted by Gasteiger charge is -2.10. The van der Waals surface area contributed by atoms with Crippen LogP contribution < -0.4 is 15.6 Å².